The van der Waals surface area contributed by atoms with Crippen molar-refractivity contribution < 1.29 is 24.4 Å². The molecule has 0 radical (unpaired) electrons. The van der Waals surface area contributed by atoms with Gasteiger partial charge in [0.15, 0.2) is 0 Å². The second-order valence-corrected chi connectivity index (χ2v) is 7.59. The summed E-state index contributed by atoms with van der Waals surface area (Å²) in [5.41, 5.74) is 1.38. The van der Waals surface area contributed by atoms with E-state index in [1.54, 1.807) is 42.5 Å². The Bertz CT molecular complexity index is 1020. The highest BCUT2D eigenvalue weighted by atomic mass is 32.2. The Morgan fingerprint density at radius 1 is 1.24 bits per heavy atom. The molecule has 0 spiro atoms. The fourth-order valence-corrected chi connectivity index (χ4v) is 3.76. The predicted molar refractivity (Wildman–Crippen MR) is 111 cm³/mol. The van der Waals surface area contributed by atoms with Gasteiger partial charge in [-0.05, 0) is 29.8 Å². The van der Waals surface area contributed by atoms with Crippen LogP contribution < -0.4 is 4.74 Å². The minimum atomic E-state index is -1.14. The molecule has 0 bridgehead atoms. The molecule has 1 aliphatic rings. The number of rotatable bonds is 7. The van der Waals surface area contributed by atoms with E-state index in [4.69, 9.17) is 22.1 Å². The molecule has 29 heavy (non-hydrogen) atoms. The molecule has 3 rings (SSSR count). The minimum absolute atomic E-state index is 0.00228. The molecule has 2 aromatic rings. The van der Waals surface area contributed by atoms with Crippen molar-refractivity contribution in [2.45, 2.75) is 6.61 Å². The third-order valence-corrected chi connectivity index (χ3v) is 5.29. The number of hydrogen-bond acceptors (Lipinski definition) is 7. The van der Waals surface area contributed by atoms with E-state index in [2.05, 4.69) is 0 Å². The normalized spacial score (nSPS) is 15.0. The van der Waals surface area contributed by atoms with Gasteiger partial charge >= 0.3 is 5.97 Å². The van der Waals surface area contributed by atoms with E-state index in [0.29, 0.717) is 16.2 Å². The lowest BCUT2D eigenvalue weighted by Crippen LogP contribution is -2.33. The number of amides is 1. The molecule has 1 aliphatic heterocycles. The van der Waals surface area contributed by atoms with Crippen molar-refractivity contribution in [1.82, 2.24) is 4.90 Å². The first-order valence-electron chi connectivity index (χ1n) is 8.27. The van der Waals surface area contributed by atoms with E-state index in [1.807, 2.05) is 0 Å². The van der Waals surface area contributed by atoms with Gasteiger partial charge in [-0.2, -0.15) is 0 Å². The van der Waals surface area contributed by atoms with Gasteiger partial charge in [0.1, 0.15) is 23.2 Å². The van der Waals surface area contributed by atoms with Gasteiger partial charge < -0.3 is 9.84 Å². The Kier molecular flexibility index (Phi) is 6.25. The number of para-hydroxylation sites is 1. The summed E-state index contributed by atoms with van der Waals surface area (Å²) in [7, 11) is 0. The van der Waals surface area contributed by atoms with E-state index in [0.717, 1.165) is 22.2 Å². The molecule has 0 aliphatic carbocycles. The Balaban J connectivity index is 1.76. The molecule has 1 heterocycles. The number of carboxylic acid groups (broad SMARTS) is 1. The lowest BCUT2D eigenvalue weighted by Gasteiger charge is -2.11. The molecule has 1 amide bonds. The zero-order valence-corrected chi connectivity index (χ0v) is 16.4. The summed E-state index contributed by atoms with van der Waals surface area (Å²) in [5.74, 6) is -1.10. The highest BCUT2D eigenvalue weighted by Gasteiger charge is 2.33. The van der Waals surface area contributed by atoms with Crippen LogP contribution >= 0.6 is 24.0 Å². The van der Waals surface area contributed by atoms with Crippen LogP contribution in [0.25, 0.3) is 6.08 Å². The number of benzene rings is 2. The summed E-state index contributed by atoms with van der Waals surface area (Å²) in [6.07, 6.45) is 1.60. The van der Waals surface area contributed by atoms with Gasteiger partial charge in [0, 0.05) is 17.7 Å². The zero-order chi connectivity index (χ0) is 21.0. The van der Waals surface area contributed by atoms with Crippen molar-refractivity contribution in [3.05, 3.63) is 74.7 Å². The standard InChI is InChI=1S/C19H14N2O6S2/c22-17(23)10-20-18(24)16(29-19(20)28)9-13-3-1-2-4-15(13)27-11-12-5-7-14(8-6-12)21(25)26/h1-9H,10-11H2,(H,22,23)/b16-9-. The number of thioether (sulfide) groups is 1. The molecular weight excluding hydrogens is 416 g/mol. The average molecular weight is 430 g/mol. The number of aliphatic carboxylic acids is 1. The van der Waals surface area contributed by atoms with Gasteiger partial charge in [0.25, 0.3) is 11.6 Å². The maximum atomic E-state index is 12.4. The SMILES string of the molecule is O=C(O)CN1C(=O)/C(=C/c2ccccc2OCc2ccc([N+](=O)[O-])cc2)SC1=S. The fraction of sp³-hybridized carbons (Fsp3) is 0.105. The first-order chi connectivity index (χ1) is 13.8. The summed E-state index contributed by atoms with van der Waals surface area (Å²) in [4.78, 5) is 34.9. The highest BCUT2D eigenvalue weighted by Crippen LogP contribution is 2.34. The molecule has 148 valence electrons. The molecule has 2 aromatic carbocycles. The third-order valence-electron chi connectivity index (χ3n) is 3.91. The molecule has 1 N–H and O–H groups in total. The lowest BCUT2D eigenvalue weighted by molar-refractivity contribution is -0.384. The van der Waals surface area contributed by atoms with E-state index < -0.39 is 23.3 Å². The van der Waals surface area contributed by atoms with Crippen molar-refractivity contribution >= 4 is 51.9 Å². The molecule has 0 saturated carbocycles. The molecule has 0 unspecified atom stereocenters. The van der Waals surface area contributed by atoms with Gasteiger partial charge in [-0.15, -0.1) is 0 Å². The van der Waals surface area contributed by atoms with Gasteiger partial charge in [-0.1, -0.05) is 42.2 Å². The van der Waals surface area contributed by atoms with Crippen LogP contribution in [0.2, 0.25) is 0 Å². The average Bonchev–Trinajstić information content (AvgIpc) is 2.94. The maximum absolute atomic E-state index is 12.4. The van der Waals surface area contributed by atoms with Crippen molar-refractivity contribution in [3.63, 3.8) is 0 Å². The maximum Gasteiger partial charge on any atom is 0.323 e. The van der Waals surface area contributed by atoms with Crippen LogP contribution in [-0.4, -0.2) is 37.7 Å². The van der Waals surface area contributed by atoms with Crippen molar-refractivity contribution in [3.8, 4) is 5.75 Å². The van der Waals surface area contributed by atoms with Crippen LogP contribution in [0.5, 0.6) is 5.75 Å². The fourth-order valence-electron chi connectivity index (χ4n) is 2.52. The van der Waals surface area contributed by atoms with E-state index in [1.165, 1.54) is 12.1 Å². The third kappa shape index (κ3) is 4.98. The second kappa shape index (κ2) is 8.84. The van der Waals surface area contributed by atoms with Crippen LogP contribution in [0.15, 0.2) is 53.4 Å². The summed E-state index contributed by atoms with van der Waals surface area (Å²) >= 11 is 6.12. The predicted octanol–water partition coefficient (Wildman–Crippen LogP) is 3.46. The molecule has 1 saturated heterocycles. The number of carboxylic acids is 1. The summed E-state index contributed by atoms with van der Waals surface area (Å²) < 4.78 is 6.00. The minimum Gasteiger partial charge on any atom is -0.488 e. The number of thiocarbonyl (C=S) groups is 1. The van der Waals surface area contributed by atoms with Crippen molar-refractivity contribution in [2.75, 3.05) is 6.54 Å². The largest absolute Gasteiger partial charge is 0.488 e. The summed E-state index contributed by atoms with van der Waals surface area (Å²) in [5, 5.41) is 19.6. The Hall–Kier alpha value is -3.24. The number of nitrogens with zero attached hydrogens (tertiary/aromatic N) is 2. The van der Waals surface area contributed by atoms with E-state index in [-0.39, 0.29) is 16.6 Å². The second-order valence-electron chi connectivity index (χ2n) is 5.91. The highest BCUT2D eigenvalue weighted by molar-refractivity contribution is 8.26. The zero-order valence-electron chi connectivity index (χ0n) is 14.8. The van der Waals surface area contributed by atoms with Gasteiger partial charge in [-0.3, -0.25) is 24.6 Å². The first-order valence-corrected chi connectivity index (χ1v) is 9.50. The summed E-state index contributed by atoms with van der Waals surface area (Å²) in [6, 6.07) is 13.1. The smallest absolute Gasteiger partial charge is 0.323 e. The Morgan fingerprint density at radius 3 is 2.59 bits per heavy atom. The Morgan fingerprint density at radius 2 is 1.93 bits per heavy atom. The van der Waals surface area contributed by atoms with Crippen LogP contribution in [0, 0.1) is 10.1 Å². The number of nitro benzene ring substituents is 1. The molecule has 0 aromatic heterocycles. The van der Waals surface area contributed by atoms with Crippen LogP contribution in [0.1, 0.15) is 11.1 Å². The molecule has 8 nitrogen and oxygen atoms in total. The van der Waals surface area contributed by atoms with Crippen molar-refractivity contribution in [2.24, 2.45) is 0 Å². The topological polar surface area (TPSA) is 110 Å². The number of carbonyl (C=O) groups excluding carboxylic acids is 1. The molecule has 0 atom stereocenters. The van der Waals surface area contributed by atoms with Crippen LogP contribution in [-0.2, 0) is 16.2 Å². The molecule has 10 heteroatoms. The van der Waals surface area contributed by atoms with Gasteiger partial charge in [0.2, 0.25) is 0 Å². The van der Waals surface area contributed by atoms with Gasteiger partial charge in [0.05, 0.1) is 9.83 Å². The van der Waals surface area contributed by atoms with Crippen molar-refractivity contribution in [1.29, 1.82) is 0 Å². The number of hydrogen-bond donors (Lipinski definition) is 1. The monoisotopic (exact) mass is 430 g/mol. The van der Waals surface area contributed by atoms with Gasteiger partial charge in [-0.25, -0.2) is 0 Å². The van der Waals surface area contributed by atoms with Crippen LogP contribution in [0.3, 0.4) is 0 Å². The quantitative estimate of drug-likeness (QED) is 0.308. The molecule has 1 fully saturated rings. The first kappa shape index (κ1) is 20.5. The lowest BCUT2D eigenvalue weighted by atomic mass is 10.1. The molecular formula is C19H14N2O6S2. The van der Waals surface area contributed by atoms with E-state index in [9.17, 15) is 19.7 Å². The van der Waals surface area contributed by atoms with Crippen LogP contribution in [0.4, 0.5) is 5.69 Å². The van der Waals surface area contributed by atoms with E-state index >= 15 is 0 Å². The Labute approximate surface area is 174 Å². The summed E-state index contributed by atoms with van der Waals surface area (Å²) in [6.45, 7) is -0.302. The number of non-ortho nitro benzene ring substituents is 1. The number of nitro groups is 1. The number of ether oxygens (including phenoxy) is 1. The number of carbonyl (C=O) groups is 2.